The Morgan fingerprint density at radius 3 is 2.65 bits per heavy atom. The first-order chi connectivity index (χ1) is 17.9. The SMILES string of the molecule is CCn1c(=O)c(-c2cc([S+](C)[O-])ncc2Cl)cc2cnc(Nc3ccc(N4CCNCC4)c(F)c3)nc21. The van der Waals surface area contributed by atoms with Crippen molar-refractivity contribution in [2.24, 2.45) is 0 Å². The van der Waals surface area contributed by atoms with Gasteiger partial charge in [-0.15, -0.1) is 0 Å². The summed E-state index contributed by atoms with van der Waals surface area (Å²) < 4.78 is 28.3. The molecule has 1 aromatic carbocycles. The van der Waals surface area contributed by atoms with Gasteiger partial charge in [0.15, 0.2) is 0 Å². The normalized spacial score (nSPS) is 14.7. The Kier molecular flexibility index (Phi) is 7.29. The van der Waals surface area contributed by atoms with Crippen molar-refractivity contribution in [3.63, 3.8) is 0 Å². The van der Waals surface area contributed by atoms with Crippen LogP contribution < -0.4 is 21.1 Å². The fourth-order valence-electron chi connectivity index (χ4n) is 4.36. The van der Waals surface area contributed by atoms with Gasteiger partial charge < -0.3 is 20.1 Å². The van der Waals surface area contributed by atoms with Gasteiger partial charge in [-0.3, -0.25) is 9.36 Å². The summed E-state index contributed by atoms with van der Waals surface area (Å²) in [6.45, 7) is 5.32. The zero-order chi connectivity index (χ0) is 26.1. The number of aromatic nitrogens is 4. The average molecular weight is 542 g/mol. The van der Waals surface area contributed by atoms with E-state index in [1.807, 2.05) is 11.8 Å². The maximum absolute atomic E-state index is 14.9. The molecule has 0 bridgehead atoms. The summed E-state index contributed by atoms with van der Waals surface area (Å²) >= 11 is 5.02. The molecule has 0 saturated carbocycles. The molecule has 5 rings (SSSR count). The second-order valence-electron chi connectivity index (χ2n) is 8.56. The lowest BCUT2D eigenvalue weighted by molar-refractivity contribution is 0.566. The second kappa shape index (κ2) is 10.6. The van der Waals surface area contributed by atoms with Gasteiger partial charge in [-0.1, -0.05) is 11.6 Å². The minimum absolute atomic E-state index is 0.238. The molecule has 0 radical (unpaired) electrons. The molecule has 192 valence electrons. The monoisotopic (exact) mass is 541 g/mol. The van der Waals surface area contributed by atoms with E-state index in [1.165, 1.54) is 23.1 Å². The van der Waals surface area contributed by atoms with E-state index in [0.29, 0.717) is 45.1 Å². The maximum atomic E-state index is 14.9. The molecule has 1 unspecified atom stereocenters. The number of piperazine rings is 1. The van der Waals surface area contributed by atoms with Gasteiger partial charge in [0.05, 0.1) is 16.9 Å². The third kappa shape index (κ3) is 5.12. The van der Waals surface area contributed by atoms with Gasteiger partial charge in [0.2, 0.25) is 11.0 Å². The molecule has 3 aromatic heterocycles. The molecule has 9 nitrogen and oxygen atoms in total. The Labute approximate surface area is 220 Å². The first-order valence-corrected chi connectivity index (χ1v) is 13.7. The zero-order valence-corrected chi connectivity index (χ0v) is 21.9. The van der Waals surface area contributed by atoms with E-state index in [9.17, 15) is 13.7 Å². The van der Waals surface area contributed by atoms with Crippen molar-refractivity contribution in [3.05, 3.63) is 63.9 Å². The maximum Gasteiger partial charge on any atom is 0.260 e. The Morgan fingerprint density at radius 1 is 1.16 bits per heavy atom. The predicted octanol–water partition coefficient (Wildman–Crippen LogP) is 3.56. The number of anilines is 3. The van der Waals surface area contributed by atoms with Crippen molar-refractivity contribution in [2.45, 2.75) is 18.5 Å². The number of nitrogens with zero attached hydrogens (tertiary/aromatic N) is 5. The van der Waals surface area contributed by atoms with Crippen molar-refractivity contribution in [2.75, 3.05) is 42.7 Å². The highest BCUT2D eigenvalue weighted by atomic mass is 35.5. The highest BCUT2D eigenvalue weighted by molar-refractivity contribution is 7.90. The summed E-state index contributed by atoms with van der Waals surface area (Å²) in [7, 11) is 0. The fourth-order valence-corrected chi connectivity index (χ4v) is 5.05. The number of rotatable bonds is 6. The van der Waals surface area contributed by atoms with Crippen LogP contribution in [0.3, 0.4) is 0 Å². The topological polar surface area (TPSA) is 111 Å². The van der Waals surface area contributed by atoms with E-state index in [-0.39, 0.29) is 22.3 Å². The molecule has 4 aromatic rings. The summed E-state index contributed by atoms with van der Waals surface area (Å²) in [5, 5.41) is 7.52. The van der Waals surface area contributed by atoms with Gasteiger partial charge >= 0.3 is 0 Å². The molecule has 1 aliphatic rings. The Balaban J connectivity index is 1.50. The summed E-state index contributed by atoms with van der Waals surface area (Å²) in [4.78, 5) is 28.4. The summed E-state index contributed by atoms with van der Waals surface area (Å²) in [5.41, 5.74) is 1.97. The first kappa shape index (κ1) is 25.4. The van der Waals surface area contributed by atoms with Crippen LogP contribution in [0, 0.1) is 5.82 Å². The molecule has 0 spiro atoms. The first-order valence-electron chi connectivity index (χ1n) is 11.8. The van der Waals surface area contributed by atoms with Crippen LogP contribution in [0.25, 0.3) is 22.2 Å². The fraction of sp³-hybridized carbons (Fsp3) is 0.280. The molecular formula is C25H25ClFN7O2S. The van der Waals surface area contributed by atoms with Gasteiger partial charge in [-0.2, -0.15) is 4.98 Å². The number of fused-ring (bicyclic) bond motifs is 1. The van der Waals surface area contributed by atoms with Crippen LogP contribution in [0.15, 0.2) is 52.5 Å². The van der Waals surface area contributed by atoms with Crippen LogP contribution in [0.1, 0.15) is 6.92 Å². The van der Waals surface area contributed by atoms with Crippen LogP contribution in [0.5, 0.6) is 0 Å². The van der Waals surface area contributed by atoms with Crippen LogP contribution in [-0.2, 0) is 17.7 Å². The zero-order valence-electron chi connectivity index (χ0n) is 20.3. The van der Waals surface area contributed by atoms with E-state index in [2.05, 4.69) is 25.6 Å². The molecule has 4 heterocycles. The van der Waals surface area contributed by atoms with Crippen LogP contribution in [0.2, 0.25) is 5.02 Å². The standard InChI is InChI=1S/C25H25ClFN7O2S/c1-3-34-23-15(10-18(24(34)35)17-12-22(37(2)36)29-14-19(17)26)13-30-25(32-23)31-16-4-5-21(20(27)11-16)33-8-6-28-7-9-33/h4-5,10-14,28H,3,6-9H2,1-2H3,(H,30,31,32). The lowest BCUT2D eigenvalue weighted by Crippen LogP contribution is -2.43. The molecule has 37 heavy (non-hydrogen) atoms. The molecular weight excluding hydrogens is 517 g/mol. The van der Waals surface area contributed by atoms with Crippen molar-refractivity contribution in [3.8, 4) is 11.1 Å². The number of nitrogens with one attached hydrogen (secondary N) is 2. The average Bonchev–Trinajstić information content (AvgIpc) is 2.89. The van der Waals surface area contributed by atoms with Crippen molar-refractivity contribution in [1.29, 1.82) is 0 Å². The molecule has 2 N–H and O–H groups in total. The third-order valence-electron chi connectivity index (χ3n) is 6.22. The van der Waals surface area contributed by atoms with Crippen LogP contribution in [-0.4, -0.2) is 56.5 Å². The molecule has 1 fully saturated rings. The molecule has 0 aliphatic carbocycles. The van der Waals surface area contributed by atoms with Gasteiger partial charge in [0.1, 0.15) is 17.7 Å². The van der Waals surface area contributed by atoms with Crippen LogP contribution >= 0.6 is 11.6 Å². The summed E-state index contributed by atoms with van der Waals surface area (Å²) in [5.74, 6) is -0.0915. The van der Waals surface area contributed by atoms with Crippen molar-refractivity contribution in [1.82, 2.24) is 24.8 Å². The minimum atomic E-state index is -1.33. The largest absolute Gasteiger partial charge is 0.610 e. The van der Waals surface area contributed by atoms with Gasteiger partial charge in [0.25, 0.3) is 5.56 Å². The van der Waals surface area contributed by atoms with Crippen molar-refractivity contribution >= 4 is 51.1 Å². The number of hydrogen-bond donors (Lipinski definition) is 2. The number of aryl methyl sites for hydroxylation is 1. The van der Waals surface area contributed by atoms with Gasteiger partial charge in [0, 0.05) is 78.4 Å². The minimum Gasteiger partial charge on any atom is -0.610 e. The second-order valence-corrected chi connectivity index (χ2v) is 10.3. The molecule has 1 saturated heterocycles. The van der Waals surface area contributed by atoms with Crippen molar-refractivity contribution < 1.29 is 8.94 Å². The molecule has 12 heteroatoms. The van der Waals surface area contributed by atoms with E-state index < -0.39 is 11.2 Å². The molecule has 1 atom stereocenters. The lowest BCUT2D eigenvalue weighted by Gasteiger charge is -2.29. The Morgan fingerprint density at radius 2 is 1.95 bits per heavy atom. The Bertz CT molecular complexity index is 1530. The lowest BCUT2D eigenvalue weighted by atomic mass is 10.1. The number of hydrogen-bond acceptors (Lipinski definition) is 8. The predicted molar refractivity (Wildman–Crippen MR) is 145 cm³/mol. The van der Waals surface area contributed by atoms with E-state index >= 15 is 0 Å². The van der Waals surface area contributed by atoms with E-state index in [4.69, 9.17) is 11.6 Å². The summed E-state index contributed by atoms with van der Waals surface area (Å²) in [6.07, 6.45) is 4.50. The third-order valence-corrected chi connectivity index (χ3v) is 7.33. The Hall–Kier alpha value is -3.25. The molecule has 1 aliphatic heterocycles. The summed E-state index contributed by atoms with van der Waals surface area (Å²) in [6, 6.07) is 8.18. The van der Waals surface area contributed by atoms with Crippen LogP contribution in [0.4, 0.5) is 21.7 Å². The smallest absolute Gasteiger partial charge is 0.260 e. The molecule has 0 amide bonds. The van der Waals surface area contributed by atoms with E-state index in [0.717, 1.165) is 26.2 Å². The number of benzene rings is 1. The van der Waals surface area contributed by atoms with Gasteiger partial charge in [-0.25, -0.2) is 14.4 Å². The highest BCUT2D eigenvalue weighted by Crippen LogP contribution is 2.29. The highest BCUT2D eigenvalue weighted by Gasteiger charge is 2.19. The number of pyridine rings is 2. The van der Waals surface area contributed by atoms with Gasteiger partial charge in [-0.05, 0) is 31.2 Å². The van der Waals surface area contributed by atoms with E-state index in [1.54, 1.807) is 30.5 Å². The number of halogens is 2. The quantitative estimate of drug-likeness (QED) is 0.356.